The molecule has 0 radical (unpaired) electrons. The third-order valence-electron chi connectivity index (χ3n) is 4.64. The van der Waals surface area contributed by atoms with Crippen LogP contribution in [0.2, 0.25) is 5.02 Å². The molecule has 1 heterocycles. The van der Waals surface area contributed by atoms with Gasteiger partial charge in [0.25, 0.3) is 0 Å². The summed E-state index contributed by atoms with van der Waals surface area (Å²) in [6.45, 7) is 0. The van der Waals surface area contributed by atoms with Crippen LogP contribution in [-0.4, -0.2) is 16.2 Å². The highest BCUT2D eigenvalue weighted by Gasteiger charge is 2.44. The minimum atomic E-state index is -1.79. The van der Waals surface area contributed by atoms with E-state index in [-0.39, 0.29) is 11.4 Å². The predicted molar refractivity (Wildman–Crippen MR) is 95.6 cm³/mol. The Morgan fingerprint density at radius 3 is 2.71 bits per heavy atom. The fraction of sp³-hybridized carbons (Fsp3) is 0.278. The molecule has 4 rings (SSSR count). The molecule has 24 heavy (non-hydrogen) atoms. The molecule has 0 saturated heterocycles. The Labute approximate surface area is 148 Å². The molecule has 1 saturated carbocycles. The van der Waals surface area contributed by atoms with E-state index in [0.717, 1.165) is 4.90 Å². The van der Waals surface area contributed by atoms with E-state index < -0.39 is 11.4 Å². The maximum Gasteiger partial charge on any atom is 0.177 e. The second-order valence-electron chi connectivity index (χ2n) is 6.18. The monoisotopic (exact) mass is 362 g/mol. The molecule has 0 bridgehead atoms. The van der Waals surface area contributed by atoms with Gasteiger partial charge in [0.05, 0.1) is 5.69 Å². The van der Waals surface area contributed by atoms with Crippen molar-refractivity contribution in [2.24, 2.45) is 10.7 Å². The first-order valence-electron chi connectivity index (χ1n) is 7.82. The Morgan fingerprint density at radius 2 is 2.00 bits per heavy atom. The van der Waals surface area contributed by atoms with Gasteiger partial charge >= 0.3 is 0 Å². The molecule has 0 spiro atoms. The highest BCUT2D eigenvalue weighted by atomic mass is 35.5. The van der Waals surface area contributed by atoms with Crippen molar-refractivity contribution in [3.8, 4) is 0 Å². The van der Waals surface area contributed by atoms with Crippen LogP contribution >= 0.6 is 23.4 Å². The summed E-state index contributed by atoms with van der Waals surface area (Å²) in [4.78, 5) is 5.12. The maximum atomic E-state index is 14.6. The first-order chi connectivity index (χ1) is 11.5. The van der Waals surface area contributed by atoms with E-state index in [2.05, 4.69) is 4.99 Å². The number of hydrogen-bond acceptors (Lipinski definition) is 4. The molecule has 6 heteroatoms. The van der Waals surface area contributed by atoms with Gasteiger partial charge in [-0.15, -0.1) is 11.8 Å². The summed E-state index contributed by atoms with van der Waals surface area (Å²) in [6, 6.07) is 9.73. The number of halogens is 2. The van der Waals surface area contributed by atoms with Crippen LogP contribution in [0.1, 0.15) is 30.4 Å². The van der Waals surface area contributed by atoms with Gasteiger partial charge in [0, 0.05) is 26.3 Å². The molecule has 3 N–H and O–H groups in total. The van der Waals surface area contributed by atoms with Crippen molar-refractivity contribution in [2.45, 2.75) is 35.0 Å². The second kappa shape index (κ2) is 5.76. The average molecular weight is 363 g/mol. The van der Waals surface area contributed by atoms with Crippen LogP contribution in [0.5, 0.6) is 0 Å². The van der Waals surface area contributed by atoms with Crippen LogP contribution < -0.4 is 5.73 Å². The normalized spacial score (nSPS) is 22.9. The van der Waals surface area contributed by atoms with Gasteiger partial charge in [-0.2, -0.15) is 0 Å². The predicted octanol–water partition coefficient (Wildman–Crippen LogP) is 4.36. The van der Waals surface area contributed by atoms with E-state index in [0.29, 0.717) is 21.5 Å². The Hall–Kier alpha value is -1.56. The number of fused-ring (bicyclic) bond motifs is 1. The summed E-state index contributed by atoms with van der Waals surface area (Å²) in [5, 5.41) is 12.3. The average Bonchev–Trinajstić information content (AvgIpc) is 2.77. The number of amidine groups is 1. The fourth-order valence-electron chi connectivity index (χ4n) is 3.06. The summed E-state index contributed by atoms with van der Waals surface area (Å²) in [6.07, 6.45) is 3.58. The number of aliphatic hydroxyl groups is 1. The van der Waals surface area contributed by atoms with Gasteiger partial charge in [-0.3, -0.25) is 0 Å². The molecule has 2 aromatic carbocycles. The SMILES string of the molecule is NC1=Nc2ccc(Cl)cc2C1(O)c1cc(SC2CCC2)ccc1F. The molecule has 2 aliphatic rings. The molecule has 1 aliphatic carbocycles. The third-order valence-corrected chi connectivity index (χ3v) is 6.21. The van der Waals surface area contributed by atoms with Crippen LogP contribution in [0.3, 0.4) is 0 Å². The number of benzene rings is 2. The number of aliphatic imine (C=N–C) groups is 1. The maximum absolute atomic E-state index is 14.6. The van der Waals surface area contributed by atoms with Gasteiger partial charge in [0.1, 0.15) is 11.7 Å². The van der Waals surface area contributed by atoms with Crippen molar-refractivity contribution < 1.29 is 9.50 Å². The number of rotatable bonds is 3. The highest BCUT2D eigenvalue weighted by Crippen LogP contribution is 2.45. The molecule has 0 amide bonds. The van der Waals surface area contributed by atoms with Crippen LogP contribution in [0, 0.1) is 5.82 Å². The Morgan fingerprint density at radius 1 is 1.21 bits per heavy atom. The lowest BCUT2D eigenvalue weighted by atomic mass is 9.86. The van der Waals surface area contributed by atoms with Gasteiger partial charge in [-0.1, -0.05) is 18.0 Å². The quantitative estimate of drug-likeness (QED) is 0.852. The largest absolute Gasteiger partial charge is 0.384 e. The summed E-state index contributed by atoms with van der Waals surface area (Å²) < 4.78 is 14.6. The van der Waals surface area contributed by atoms with E-state index >= 15 is 0 Å². The van der Waals surface area contributed by atoms with Crippen molar-refractivity contribution in [1.82, 2.24) is 0 Å². The minimum Gasteiger partial charge on any atom is -0.384 e. The topological polar surface area (TPSA) is 58.6 Å². The van der Waals surface area contributed by atoms with Crippen molar-refractivity contribution in [2.75, 3.05) is 0 Å². The van der Waals surface area contributed by atoms with Crippen LogP contribution in [0.15, 0.2) is 46.3 Å². The lowest BCUT2D eigenvalue weighted by molar-refractivity contribution is 0.153. The Kier molecular flexibility index (Phi) is 3.82. The molecular weight excluding hydrogens is 347 g/mol. The molecular formula is C18H16ClFN2OS. The number of nitrogens with zero attached hydrogens (tertiary/aromatic N) is 1. The Balaban J connectivity index is 1.81. The summed E-state index contributed by atoms with van der Waals surface area (Å²) in [5.74, 6) is -0.550. The first kappa shape index (κ1) is 15.9. The highest BCUT2D eigenvalue weighted by molar-refractivity contribution is 8.00. The van der Waals surface area contributed by atoms with Crippen molar-refractivity contribution in [3.63, 3.8) is 0 Å². The zero-order valence-corrected chi connectivity index (χ0v) is 14.4. The molecule has 0 aromatic heterocycles. The fourth-order valence-corrected chi connectivity index (χ4v) is 4.52. The van der Waals surface area contributed by atoms with Gasteiger partial charge in [-0.25, -0.2) is 9.38 Å². The zero-order chi connectivity index (χ0) is 16.9. The van der Waals surface area contributed by atoms with Crippen molar-refractivity contribution in [3.05, 3.63) is 58.4 Å². The first-order valence-corrected chi connectivity index (χ1v) is 9.08. The van der Waals surface area contributed by atoms with E-state index in [1.165, 1.54) is 25.3 Å². The summed E-state index contributed by atoms with van der Waals surface area (Å²) >= 11 is 7.76. The third kappa shape index (κ3) is 2.42. The molecule has 1 atom stereocenters. The standard InChI is InChI=1S/C18H16ClFN2OS/c19-10-4-7-16-14(8-10)18(23,17(21)22-16)13-9-12(5-6-15(13)20)24-11-2-1-3-11/h4-9,11,23H,1-3H2,(H2,21,22). The number of thioether (sulfide) groups is 1. The number of hydrogen-bond donors (Lipinski definition) is 2. The lowest BCUT2D eigenvalue weighted by Crippen LogP contribution is -2.40. The van der Waals surface area contributed by atoms with E-state index in [1.807, 2.05) is 0 Å². The summed E-state index contributed by atoms with van der Waals surface area (Å²) in [7, 11) is 0. The van der Waals surface area contributed by atoms with Gasteiger partial charge < -0.3 is 10.8 Å². The van der Waals surface area contributed by atoms with E-state index in [4.69, 9.17) is 17.3 Å². The smallest absolute Gasteiger partial charge is 0.177 e. The van der Waals surface area contributed by atoms with Gasteiger partial charge in [0.15, 0.2) is 5.60 Å². The van der Waals surface area contributed by atoms with Gasteiger partial charge in [-0.05, 0) is 49.2 Å². The van der Waals surface area contributed by atoms with Crippen LogP contribution in [-0.2, 0) is 5.60 Å². The van der Waals surface area contributed by atoms with Crippen LogP contribution in [0.4, 0.5) is 10.1 Å². The molecule has 124 valence electrons. The molecule has 3 nitrogen and oxygen atoms in total. The van der Waals surface area contributed by atoms with Crippen molar-refractivity contribution >= 4 is 34.9 Å². The van der Waals surface area contributed by atoms with Gasteiger partial charge in [0.2, 0.25) is 0 Å². The Bertz CT molecular complexity index is 853. The van der Waals surface area contributed by atoms with Crippen molar-refractivity contribution in [1.29, 1.82) is 0 Å². The lowest BCUT2D eigenvalue weighted by Gasteiger charge is -2.27. The minimum absolute atomic E-state index is 0.0375. The van der Waals surface area contributed by atoms with E-state index in [1.54, 1.807) is 42.1 Å². The molecule has 1 unspecified atom stereocenters. The zero-order valence-electron chi connectivity index (χ0n) is 12.8. The molecule has 2 aromatic rings. The van der Waals surface area contributed by atoms with E-state index in [9.17, 15) is 9.50 Å². The van der Waals surface area contributed by atoms with Crippen LogP contribution in [0.25, 0.3) is 0 Å². The second-order valence-corrected chi connectivity index (χ2v) is 7.99. The summed E-state index contributed by atoms with van der Waals surface area (Å²) in [5.41, 5.74) is 5.24. The number of nitrogens with two attached hydrogens (primary N) is 1. The molecule has 1 aliphatic heterocycles. The molecule has 1 fully saturated rings.